The van der Waals surface area contributed by atoms with E-state index in [-0.39, 0.29) is 6.61 Å². The van der Waals surface area contributed by atoms with Crippen LogP contribution in [-0.4, -0.2) is 53.6 Å². The molecule has 0 amide bonds. The fraction of sp³-hybridized carbons (Fsp3) is 0.500. The number of hydrogen-bond donors (Lipinski definition) is 4. The van der Waals surface area contributed by atoms with Crippen LogP contribution in [0.15, 0.2) is 24.3 Å². The highest BCUT2D eigenvalue weighted by Gasteiger charge is 2.42. The molecule has 4 atom stereocenters. The highest BCUT2D eigenvalue weighted by Crippen LogP contribution is 2.24. The Morgan fingerprint density at radius 2 is 2.11 bits per heavy atom. The zero-order valence-corrected chi connectivity index (χ0v) is 9.98. The van der Waals surface area contributed by atoms with Gasteiger partial charge in [-0.2, -0.15) is 0 Å². The van der Waals surface area contributed by atoms with Crippen LogP contribution in [0.5, 0.6) is 5.75 Å². The van der Waals surface area contributed by atoms with Crippen molar-refractivity contribution in [3.63, 3.8) is 0 Å². The second kappa shape index (κ2) is 5.53. The third kappa shape index (κ3) is 2.56. The zero-order chi connectivity index (χ0) is 13.1. The molecular weight excluding hydrogens is 238 g/mol. The summed E-state index contributed by atoms with van der Waals surface area (Å²) < 4.78 is 10.4. The van der Waals surface area contributed by atoms with E-state index in [2.05, 4.69) is 5.32 Å². The molecule has 1 aliphatic rings. The normalized spacial score (nSPS) is 31.3. The molecule has 1 aromatic carbocycles. The molecule has 0 aromatic heterocycles. The van der Waals surface area contributed by atoms with Crippen LogP contribution in [0.1, 0.15) is 0 Å². The molecule has 6 heteroatoms. The van der Waals surface area contributed by atoms with Crippen LogP contribution >= 0.6 is 0 Å². The minimum atomic E-state index is -1.10. The van der Waals surface area contributed by atoms with E-state index in [1.165, 1.54) is 0 Å². The van der Waals surface area contributed by atoms with Crippen molar-refractivity contribution in [1.29, 1.82) is 0 Å². The molecule has 6 nitrogen and oxygen atoms in total. The topological polar surface area (TPSA) is 91.2 Å². The van der Waals surface area contributed by atoms with Gasteiger partial charge in [0.25, 0.3) is 0 Å². The van der Waals surface area contributed by atoms with Gasteiger partial charge in [-0.05, 0) is 12.1 Å². The number of hydrogen-bond acceptors (Lipinski definition) is 6. The van der Waals surface area contributed by atoms with Gasteiger partial charge in [-0.1, -0.05) is 6.07 Å². The van der Waals surface area contributed by atoms with E-state index in [1.54, 1.807) is 31.4 Å². The van der Waals surface area contributed by atoms with Gasteiger partial charge in [-0.3, -0.25) is 0 Å². The molecule has 1 aliphatic heterocycles. The molecule has 1 saturated heterocycles. The Kier molecular flexibility index (Phi) is 4.03. The molecule has 0 spiro atoms. The third-order valence-corrected chi connectivity index (χ3v) is 2.92. The van der Waals surface area contributed by atoms with Gasteiger partial charge in [0.1, 0.15) is 24.1 Å². The van der Waals surface area contributed by atoms with Gasteiger partial charge in [-0.15, -0.1) is 0 Å². The predicted octanol–water partition coefficient (Wildman–Crippen LogP) is -0.454. The fourth-order valence-corrected chi connectivity index (χ4v) is 1.90. The molecule has 4 N–H and O–H groups in total. The van der Waals surface area contributed by atoms with Crippen LogP contribution in [0.25, 0.3) is 0 Å². The first-order chi connectivity index (χ1) is 8.65. The largest absolute Gasteiger partial charge is 0.497 e. The SMILES string of the molecule is COc1cccc(N[C@@H]2O[C@H](CO)[C@@H](O)[C@H]2O)c1. The van der Waals surface area contributed by atoms with Crippen molar-refractivity contribution < 1.29 is 24.8 Å². The summed E-state index contributed by atoms with van der Waals surface area (Å²) in [6.45, 7) is -0.339. The molecule has 0 radical (unpaired) electrons. The van der Waals surface area contributed by atoms with Crippen molar-refractivity contribution in [3.05, 3.63) is 24.3 Å². The first kappa shape index (κ1) is 13.1. The molecule has 0 bridgehead atoms. The molecular formula is C12H17NO5. The second-order valence-corrected chi connectivity index (χ2v) is 4.14. The average molecular weight is 255 g/mol. The summed E-state index contributed by atoms with van der Waals surface area (Å²) in [5.41, 5.74) is 0.698. The molecule has 0 unspecified atom stereocenters. The van der Waals surface area contributed by atoms with Gasteiger partial charge in [0, 0.05) is 11.8 Å². The molecule has 1 aromatic rings. The number of rotatable bonds is 4. The van der Waals surface area contributed by atoms with Gasteiger partial charge in [0.2, 0.25) is 0 Å². The van der Waals surface area contributed by atoms with Crippen molar-refractivity contribution in [3.8, 4) is 5.75 Å². The number of ether oxygens (including phenoxy) is 2. The average Bonchev–Trinajstić information content (AvgIpc) is 2.67. The lowest BCUT2D eigenvalue weighted by Crippen LogP contribution is -2.36. The molecule has 100 valence electrons. The highest BCUT2D eigenvalue weighted by atomic mass is 16.6. The quantitative estimate of drug-likeness (QED) is 0.582. The molecule has 1 fully saturated rings. The van der Waals surface area contributed by atoms with Crippen LogP contribution in [0, 0.1) is 0 Å². The molecule has 18 heavy (non-hydrogen) atoms. The van der Waals surface area contributed by atoms with Gasteiger partial charge in [0.15, 0.2) is 6.23 Å². The maximum atomic E-state index is 9.77. The Morgan fingerprint density at radius 1 is 1.33 bits per heavy atom. The predicted molar refractivity (Wildman–Crippen MR) is 64.4 cm³/mol. The van der Waals surface area contributed by atoms with Crippen LogP contribution in [0.4, 0.5) is 5.69 Å². The van der Waals surface area contributed by atoms with Crippen molar-refractivity contribution in [1.82, 2.24) is 0 Å². The Bertz CT molecular complexity index is 400. The lowest BCUT2D eigenvalue weighted by molar-refractivity contribution is -0.0153. The minimum Gasteiger partial charge on any atom is -0.497 e. The summed E-state index contributed by atoms with van der Waals surface area (Å²) in [7, 11) is 1.56. The molecule has 1 heterocycles. The van der Waals surface area contributed by atoms with Crippen LogP contribution in [0.3, 0.4) is 0 Å². The number of benzene rings is 1. The van der Waals surface area contributed by atoms with Crippen molar-refractivity contribution in [2.75, 3.05) is 19.0 Å². The van der Waals surface area contributed by atoms with E-state index < -0.39 is 24.5 Å². The fourth-order valence-electron chi connectivity index (χ4n) is 1.90. The van der Waals surface area contributed by atoms with E-state index in [0.29, 0.717) is 11.4 Å². The number of aliphatic hydroxyl groups excluding tert-OH is 3. The maximum Gasteiger partial charge on any atom is 0.157 e. The maximum absolute atomic E-state index is 9.77. The summed E-state index contributed by atoms with van der Waals surface area (Å²) >= 11 is 0. The van der Waals surface area contributed by atoms with E-state index in [9.17, 15) is 10.2 Å². The smallest absolute Gasteiger partial charge is 0.157 e. The van der Waals surface area contributed by atoms with E-state index in [0.717, 1.165) is 0 Å². The van der Waals surface area contributed by atoms with Crippen molar-refractivity contribution in [2.45, 2.75) is 24.5 Å². The first-order valence-electron chi connectivity index (χ1n) is 5.68. The molecule has 0 aliphatic carbocycles. The number of anilines is 1. The van der Waals surface area contributed by atoms with Gasteiger partial charge < -0.3 is 30.1 Å². The number of methoxy groups -OCH3 is 1. The second-order valence-electron chi connectivity index (χ2n) is 4.14. The van der Waals surface area contributed by atoms with E-state index >= 15 is 0 Å². The van der Waals surface area contributed by atoms with Gasteiger partial charge in [0.05, 0.1) is 13.7 Å². The lowest BCUT2D eigenvalue weighted by atomic mass is 10.1. The van der Waals surface area contributed by atoms with E-state index in [1.807, 2.05) is 0 Å². The van der Waals surface area contributed by atoms with Crippen LogP contribution in [0.2, 0.25) is 0 Å². The highest BCUT2D eigenvalue weighted by molar-refractivity contribution is 5.48. The number of nitrogens with one attached hydrogen (secondary N) is 1. The lowest BCUT2D eigenvalue weighted by Gasteiger charge is -2.18. The van der Waals surface area contributed by atoms with Crippen LogP contribution in [-0.2, 0) is 4.74 Å². The molecule has 0 saturated carbocycles. The van der Waals surface area contributed by atoms with Gasteiger partial charge in [-0.25, -0.2) is 0 Å². The summed E-state index contributed by atoms with van der Waals surface area (Å²) in [6.07, 6.45) is -3.72. The molecule has 2 rings (SSSR count). The summed E-state index contributed by atoms with van der Waals surface area (Å²) in [5, 5.41) is 31.3. The minimum absolute atomic E-state index is 0.339. The third-order valence-electron chi connectivity index (χ3n) is 2.92. The van der Waals surface area contributed by atoms with Crippen LogP contribution < -0.4 is 10.1 Å². The Balaban J connectivity index is 2.05. The first-order valence-corrected chi connectivity index (χ1v) is 5.68. The van der Waals surface area contributed by atoms with Gasteiger partial charge >= 0.3 is 0 Å². The summed E-state index contributed by atoms with van der Waals surface area (Å²) in [6, 6.07) is 7.12. The van der Waals surface area contributed by atoms with Crippen molar-refractivity contribution in [2.24, 2.45) is 0 Å². The summed E-state index contributed by atoms with van der Waals surface area (Å²) in [4.78, 5) is 0. The standard InChI is InChI=1S/C12H17NO5/c1-17-8-4-2-3-7(5-8)13-12-11(16)10(15)9(6-14)18-12/h2-5,9-16H,6H2,1H3/t9-,10-,11-,12-/m1/s1. The number of aliphatic hydroxyl groups is 3. The Hall–Kier alpha value is -1.34. The summed E-state index contributed by atoms with van der Waals surface area (Å²) in [5.74, 6) is 0.673. The zero-order valence-electron chi connectivity index (χ0n) is 9.98. The van der Waals surface area contributed by atoms with E-state index in [4.69, 9.17) is 14.6 Å². The van der Waals surface area contributed by atoms with Crippen molar-refractivity contribution >= 4 is 5.69 Å². The monoisotopic (exact) mass is 255 g/mol. The Morgan fingerprint density at radius 3 is 2.72 bits per heavy atom. The Labute approximate surface area is 105 Å².